The maximum atomic E-state index is 2.42. The summed E-state index contributed by atoms with van der Waals surface area (Å²) in [6.45, 7) is 9.34. The van der Waals surface area contributed by atoms with Crippen LogP contribution in [-0.2, 0) is 19.3 Å². The fourth-order valence-corrected chi connectivity index (χ4v) is 3.75. The van der Waals surface area contributed by atoms with Crippen LogP contribution in [0.4, 0.5) is 0 Å². The van der Waals surface area contributed by atoms with E-state index in [4.69, 9.17) is 0 Å². The lowest BCUT2D eigenvalue weighted by Crippen LogP contribution is -2.04. The maximum absolute atomic E-state index is 2.42. The van der Waals surface area contributed by atoms with Crippen molar-refractivity contribution in [1.29, 1.82) is 0 Å². The SMILES string of the molecule is CC(C)CCc1ccc2c(c1CCC(C)C)Cc1ccccc1-2. The van der Waals surface area contributed by atoms with Gasteiger partial charge in [0, 0.05) is 0 Å². The molecule has 23 heavy (non-hydrogen) atoms. The monoisotopic (exact) mass is 306 g/mol. The lowest BCUT2D eigenvalue weighted by molar-refractivity contribution is 0.570. The number of benzene rings is 2. The summed E-state index contributed by atoms with van der Waals surface area (Å²) in [4.78, 5) is 0. The molecule has 2 aromatic carbocycles. The van der Waals surface area contributed by atoms with Crippen molar-refractivity contribution in [3.63, 3.8) is 0 Å². The second-order valence-electron chi connectivity index (χ2n) is 7.93. The third kappa shape index (κ3) is 3.52. The van der Waals surface area contributed by atoms with Gasteiger partial charge in [0.2, 0.25) is 0 Å². The van der Waals surface area contributed by atoms with Gasteiger partial charge in [-0.15, -0.1) is 0 Å². The predicted octanol–water partition coefficient (Wildman–Crippen LogP) is 6.44. The molecule has 122 valence electrons. The minimum Gasteiger partial charge on any atom is -0.0628 e. The van der Waals surface area contributed by atoms with Gasteiger partial charge in [0.1, 0.15) is 0 Å². The van der Waals surface area contributed by atoms with Crippen LogP contribution in [0.2, 0.25) is 0 Å². The molecule has 0 amide bonds. The molecule has 0 unspecified atom stereocenters. The first-order valence-corrected chi connectivity index (χ1v) is 9.28. The van der Waals surface area contributed by atoms with E-state index in [0.29, 0.717) is 0 Å². The largest absolute Gasteiger partial charge is 0.0628 e. The van der Waals surface area contributed by atoms with Gasteiger partial charge in [0.25, 0.3) is 0 Å². The normalized spacial score (nSPS) is 12.8. The number of hydrogen-bond donors (Lipinski definition) is 0. The fraction of sp³-hybridized carbons (Fsp3) is 0.478. The van der Waals surface area contributed by atoms with E-state index in [-0.39, 0.29) is 0 Å². The lowest BCUT2D eigenvalue weighted by atomic mass is 9.88. The molecular weight excluding hydrogens is 276 g/mol. The molecule has 1 aliphatic rings. The van der Waals surface area contributed by atoms with Gasteiger partial charge in [0.05, 0.1) is 0 Å². The first-order chi connectivity index (χ1) is 11.1. The van der Waals surface area contributed by atoms with Gasteiger partial charge in [-0.3, -0.25) is 0 Å². The van der Waals surface area contributed by atoms with Crippen molar-refractivity contribution < 1.29 is 0 Å². The zero-order valence-corrected chi connectivity index (χ0v) is 15.2. The van der Waals surface area contributed by atoms with Crippen LogP contribution in [0.15, 0.2) is 36.4 Å². The molecule has 0 spiro atoms. The summed E-state index contributed by atoms with van der Waals surface area (Å²) in [5, 5.41) is 0. The smallest absolute Gasteiger partial charge is 0.00106 e. The molecular formula is C23H30. The molecule has 0 atom stereocenters. The van der Waals surface area contributed by atoms with Gasteiger partial charge in [0.15, 0.2) is 0 Å². The van der Waals surface area contributed by atoms with Crippen LogP contribution in [0.1, 0.15) is 62.8 Å². The summed E-state index contributed by atoms with van der Waals surface area (Å²) in [5.41, 5.74) is 9.35. The van der Waals surface area contributed by atoms with E-state index in [0.717, 1.165) is 18.3 Å². The highest BCUT2D eigenvalue weighted by Crippen LogP contribution is 2.40. The summed E-state index contributed by atoms with van der Waals surface area (Å²) in [5.74, 6) is 1.55. The lowest BCUT2D eigenvalue weighted by Gasteiger charge is -2.17. The van der Waals surface area contributed by atoms with Crippen molar-refractivity contribution in [2.45, 2.75) is 59.8 Å². The number of hydrogen-bond acceptors (Lipinski definition) is 0. The summed E-state index contributed by atoms with van der Waals surface area (Å²) in [6, 6.07) is 13.7. The Hall–Kier alpha value is -1.56. The predicted molar refractivity (Wildman–Crippen MR) is 101 cm³/mol. The van der Waals surface area contributed by atoms with Crippen LogP contribution < -0.4 is 0 Å². The molecule has 0 saturated carbocycles. The average molecular weight is 306 g/mol. The summed E-state index contributed by atoms with van der Waals surface area (Å²) < 4.78 is 0. The van der Waals surface area contributed by atoms with E-state index in [2.05, 4.69) is 64.1 Å². The fourth-order valence-electron chi connectivity index (χ4n) is 3.75. The third-order valence-electron chi connectivity index (χ3n) is 5.17. The molecule has 0 fully saturated rings. The van der Waals surface area contributed by atoms with Crippen LogP contribution in [0.3, 0.4) is 0 Å². The molecule has 0 saturated heterocycles. The Morgan fingerprint density at radius 3 is 2.22 bits per heavy atom. The first-order valence-electron chi connectivity index (χ1n) is 9.28. The minimum atomic E-state index is 0.771. The standard InChI is InChI=1S/C23H30/c1-16(2)9-11-18-12-14-22-20-8-6-5-7-19(20)15-23(22)21(18)13-10-17(3)4/h5-8,12,14,16-17H,9-11,13,15H2,1-4H3. The number of fused-ring (bicyclic) bond motifs is 3. The molecule has 1 aliphatic carbocycles. The van der Waals surface area contributed by atoms with Gasteiger partial charge in [-0.2, -0.15) is 0 Å². The van der Waals surface area contributed by atoms with Crippen molar-refractivity contribution >= 4 is 0 Å². The summed E-state index contributed by atoms with van der Waals surface area (Å²) >= 11 is 0. The number of aryl methyl sites for hydroxylation is 1. The minimum absolute atomic E-state index is 0.771. The van der Waals surface area contributed by atoms with E-state index in [9.17, 15) is 0 Å². The molecule has 0 bridgehead atoms. The van der Waals surface area contributed by atoms with E-state index >= 15 is 0 Å². The van der Waals surface area contributed by atoms with Crippen molar-refractivity contribution in [1.82, 2.24) is 0 Å². The van der Waals surface area contributed by atoms with Crippen molar-refractivity contribution in [2.75, 3.05) is 0 Å². The number of rotatable bonds is 6. The summed E-state index contributed by atoms with van der Waals surface area (Å²) in [6.07, 6.45) is 6.19. The van der Waals surface area contributed by atoms with Crippen LogP contribution in [0, 0.1) is 11.8 Å². The highest BCUT2D eigenvalue weighted by molar-refractivity contribution is 5.78. The second-order valence-corrected chi connectivity index (χ2v) is 7.93. The Morgan fingerprint density at radius 2 is 1.48 bits per heavy atom. The van der Waals surface area contributed by atoms with Crippen molar-refractivity contribution in [3.05, 3.63) is 58.7 Å². The van der Waals surface area contributed by atoms with E-state index < -0.39 is 0 Å². The molecule has 0 N–H and O–H groups in total. The highest BCUT2D eigenvalue weighted by atomic mass is 14.3. The molecule has 3 rings (SSSR count). The van der Waals surface area contributed by atoms with Crippen LogP contribution in [0.5, 0.6) is 0 Å². The zero-order valence-electron chi connectivity index (χ0n) is 15.2. The molecule has 0 aliphatic heterocycles. The summed E-state index contributed by atoms with van der Waals surface area (Å²) in [7, 11) is 0. The molecule has 2 aromatic rings. The quantitative estimate of drug-likeness (QED) is 0.492. The Kier molecular flexibility index (Phi) is 4.90. The average Bonchev–Trinajstić information content (AvgIpc) is 2.89. The van der Waals surface area contributed by atoms with E-state index in [1.165, 1.54) is 42.4 Å². The Morgan fingerprint density at radius 1 is 0.783 bits per heavy atom. The van der Waals surface area contributed by atoms with Gasteiger partial charge in [-0.05, 0) is 77.3 Å². The topological polar surface area (TPSA) is 0 Å². The Balaban J connectivity index is 1.98. The van der Waals surface area contributed by atoms with Gasteiger partial charge >= 0.3 is 0 Å². The second kappa shape index (κ2) is 6.91. The Bertz CT molecular complexity index is 676. The molecule has 0 aromatic heterocycles. The van der Waals surface area contributed by atoms with Gasteiger partial charge < -0.3 is 0 Å². The van der Waals surface area contributed by atoms with Gasteiger partial charge in [-0.1, -0.05) is 64.1 Å². The molecule has 0 heterocycles. The van der Waals surface area contributed by atoms with Crippen LogP contribution in [0.25, 0.3) is 11.1 Å². The van der Waals surface area contributed by atoms with Crippen molar-refractivity contribution in [2.24, 2.45) is 11.8 Å². The Labute approximate surface area is 141 Å². The highest BCUT2D eigenvalue weighted by Gasteiger charge is 2.22. The zero-order chi connectivity index (χ0) is 16.4. The van der Waals surface area contributed by atoms with E-state index in [1.807, 2.05) is 0 Å². The molecule has 0 nitrogen and oxygen atoms in total. The van der Waals surface area contributed by atoms with Crippen LogP contribution >= 0.6 is 0 Å². The van der Waals surface area contributed by atoms with Gasteiger partial charge in [-0.25, -0.2) is 0 Å². The molecule has 0 radical (unpaired) electrons. The third-order valence-corrected chi connectivity index (χ3v) is 5.17. The van der Waals surface area contributed by atoms with Crippen LogP contribution in [-0.4, -0.2) is 0 Å². The van der Waals surface area contributed by atoms with Crippen molar-refractivity contribution in [3.8, 4) is 11.1 Å². The molecule has 0 heteroatoms. The maximum Gasteiger partial charge on any atom is -0.00106 e. The first kappa shape index (κ1) is 16.3. The van der Waals surface area contributed by atoms with E-state index in [1.54, 1.807) is 16.7 Å².